The van der Waals surface area contributed by atoms with Crippen LogP contribution in [0.1, 0.15) is 0 Å². The fourth-order valence-electron chi connectivity index (χ4n) is 1.20. The van der Waals surface area contributed by atoms with Gasteiger partial charge in [-0.15, -0.1) is 0 Å². The van der Waals surface area contributed by atoms with E-state index in [-0.39, 0.29) is 0 Å². The van der Waals surface area contributed by atoms with Crippen LogP contribution in [0, 0.1) is 0 Å². The van der Waals surface area contributed by atoms with E-state index in [1.165, 1.54) is 0 Å². The summed E-state index contributed by atoms with van der Waals surface area (Å²) in [5, 5.41) is 1.66. The number of nitrogens with one attached hydrogen (secondary N) is 1. The van der Waals surface area contributed by atoms with Crippen LogP contribution < -0.4 is 11.2 Å². The number of rotatable bonds is 1. The molecule has 2 aliphatic rings. The summed E-state index contributed by atoms with van der Waals surface area (Å²) in [6.45, 7) is 0.930. The van der Waals surface area contributed by atoms with Gasteiger partial charge in [0.25, 0.3) is 5.91 Å². The van der Waals surface area contributed by atoms with Crippen LogP contribution in [-0.2, 0) is 9.53 Å². The molecule has 0 unspecified atom stereocenters. The van der Waals surface area contributed by atoms with Gasteiger partial charge in [0, 0.05) is 6.20 Å². The van der Waals surface area contributed by atoms with Crippen molar-refractivity contribution in [3.63, 3.8) is 0 Å². The Labute approximate surface area is 69.4 Å². The highest BCUT2D eigenvalue weighted by molar-refractivity contribution is 5.93. The predicted octanol–water partition coefficient (Wildman–Crippen LogP) is -0.953. The molecular formula is C7H9N3O2. The predicted molar refractivity (Wildman–Crippen MR) is 41.2 cm³/mol. The summed E-state index contributed by atoms with van der Waals surface area (Å²) in [6.07, 6.45) is 3.66. The third kappa shape index (κ3) is 0.947. The standard InChI is InChI=1S/C7H9N3O2/c8-6(11)5-4-9-10-2-1-3-12-7(5)10/h1-2,9H,3-4H2,(H2,8,11). The Morgan fingerprint density at radius 3 is 3.33 bits per heavy atom. The molecule has 3 N–H and O–H groups in total. The Morgan fingerprint density at radius 2 is 2.58 bits per heavy atom. The van der Waals surface area contributed by atoms with Crippen LogP contribution in [-0.4, -0.2) is 24.1 Å². The molecule has 5 nitrogen and oxygen atoms in total. The highest BCUT2D eigenvalue weighted by atomic mass is 16.5. The maximum absolute atomic E-state index is 10.9. The van der Waals surface area contributed by atoms with E-state index in [1.54, 1.807) is 5.01 Å². The molecule has 0 radical (unpaired) electrons. The average molecular weight is 167 g/mol. The van der Waals surface area contributed by atoms with Crippen molar-refractivity contribution in [2.24, 2.45) is 5.73 Å². The second-order valence-electron chi connectivity index (χ2n) is 2.55. The molecule has 0 aromatic rings. The molecule has 0 saturated heterocycles. The number of primary amides is 1. The first-order valence-electron chi connectivity index (χ1n) is 3.64. The fraction of sp³-hybridized carbons (Fsp3) is 0.286. The number of nitrogens with zero attached hydrogens (tertiary/aromatic N) is 1. The first-order valence-corrected chi connectivity index (χ1v) is 3.64. The van der Waals surface area contributed by atoms with E-state index in [4.69, 9.17) is 10.5 Å². The van der Waals surface area contributed by atoms with Gasteiger partial charge in [0.05, 0.1) is 12.1 Å². The van der Waals surface area contributed by atoms with Crippen molar-refractivity contribution in [3.05, 3.63) is 23.7 Å². The van der Waals surface area contributed by atoms with Gasteiger partial charge in [-0.1, -0.05) is 0 Å². The van der Waals surface area contributed by atoms with Gasteiger partial charge in [-0.2, -0.15) is 0 Å². The summed E-state index contributed by atoms with van der Waals surface area (Å²) >= 11 is 0. The van der Waals surface area contributed by atoms with Gasteiger partial charge < -0.3 is 10.5 Å². The highest BCUT2D eigenvalue weighted by Crippen LogP contribution is 2.19. The van der Waals surface area contributed by atoms with Crippen LogP contribution in [0.2, 0.25) is 0 Å². The quantitative estimate of drug-likeness (QED) is 0.528. The first-order chi connectivity index (χ1) is 5.79. The zero-order valence-corrected chi connectivity index (χ0v) is 6.41. The zero-order chi connectivity index (χ0) is 8.55. The van der Waals surface area contributed by atoms with Gasteiger partial charge in [0.2, 0.25) is 5.88 Å². The molecule has 0 spiro atoms. The minimum absolute atomic E-state index is 0.435. The Balaban J connectivity index is 2.33. The lowest BCUT2D eigenvalue weighted by molar-refractivity contribution is -0.114. The van der Waals surface area contributed by atoms with Crippen molar-refractivity contribution in [2.75, 3.05) is 13.2 Å². The molecule has 0 atom stereocenters. The molecule has 0 saturated carbocycles. The van der Waals surface area contributed by atoms with Gasteiger partial charge in [-0.05, 0) is 6.08 Å². The lowest BCUT2D eigenvalue weighted by Crippen LogP contribution is -2.29. The number of carbonyl (C=O) groups excluding carboxylic acids is 1. The molecule has 5 heteroatoms. The monoisotopic (exact) mass is 167 g/mol. The summed E-state index contributed by atoms with van der Waals surface area (Å²) in [5.74, 6) is 0.0975. The van der Waals surface area contributed by atoms with E-state index in [1.807, 2.05) is 12.3 Å². The van der Waals surface area contributed by atoms with Crippen molar-refractivity contribution in [1.82, 2.24) is 10.4 Å². The van der Waals surface area contributed by atoms with E-state index in [9.17, 15) is 4.79 Å². The zero-order valence-electron chi connectivity index (χ0n) is 6.41. The van der Waals surface area contributed by atoms with Crippen molar-refractivity contribution < 1.29 is 9.53 Å². The van der Waals surface area contributed by atoms with Crippen molar-refractivity contribution in [2.45, 2.75) is 0 Å². The molecule has 64 valence electrons. The SMILES string of the molecule is NC(=O)C1=C2OCC=CN2NC1. The van der Waals surface area contributed by atoms with E-state index in [2.05, 4.69) is 5.43 Å². The van der Waals surface area contributed by atoms with E-state index >= 15 is 0 Å². The van der Waals surface area contributed by atoms with Crippen LogP contribution in [0.4, 0.5) is 0 Å². The summed E-state index contributed by atoms with van der Waals surface area (Å²) in [4.78, 5) is 10.9. The lowest BCUT2D eigenvalue weighted by Gasteiger charge is -2.20. The number of amides is 1. The summed E-state index contributed by atoms with van der Waals surface area (Å²) in [5.41, 5.74) is 8.57. The van der Waals surface area contributed by atoms with Gasteiger partial charge in [-0.3, -0.25) is 9.80 Å². The fourth-order valence-corrected chi connectivity index (χ4v) is 1.20. The Morgan fingerprint density at radius 1 is 1.75 bits per heavy atom. The van der Waals surface area contributed by atoms with Crippen molar-refractivity contribution in [3.8, 4) is 0 Å². The van der Waals surface area contributed by atoms with Gasteiger partial charge in [-0.25, -0.2) is 5.43 Å². The molecule has 1 amide bonds. The van der Waals surface area contributed by atoms with Crippen LogP contribution in [0.3, 0.4) is 0 Å². The van der Waals surface area contributed by atoms with E-state index < -0.39 is 5.91 Å². The summed E-state index contributed by atoms with van der Waals surface area (Å²) in [6, 6.07) is 0. The minimum Gasteiger partial charge on any atom is -0.473 e. The van der Waals surface area contributed by atoms with Crippen molar-refractivity contribution in [1.29, 1.82) is 0 Å². The maximum Gasteiger partial charge on any atom is 0.251 e. The molecule has 12 heavy (non-hydrogen) atoms. The van der Waals surface area contributed by atoms with Gasteiger partial charge >= 0.3 is 0 Å². The maximum atomic E-state index is 10.9. The molecule has 0 bridgehead atoms. The number of hydrogen-bond donors (Lipinski definition) is 2. The van der Waals surface area contributed by atoms with Crippen LogP contribution in [0.25, 0.3) is 0 Å². The van der Waals surface area contributed by atoms with Crippen molar-refractivity contribution >= 4 is 5.91 Å². The summed E-state index contributed by atoms with van der Waals surface area (Å²) < 4.78 is 5.23. The smallest absolute Gasteiger partial charge is 0.251 e. The van der Waals surface area contributed by atoms with E-state index in [0.717, 1.165) is 0 Å². The first kappa shape index (κ1) is 7.17. The number of hydrogen-bond acceptors (Lipinski definition) is 4. The van der Waals surface area contributed by atoms with Crippen LogP contribution in [0.15, 0.2) is 23.7 Å². The molecule has 0 aliphatic carbocycles. The Hall–Kier alpha value is -1.49. The Kier molecular flexibility index (Phi) is 1.51. The normalized spacial score (nSPS) is 20.8. The second-order valence-corrected chi connectivity index (χ2v) is 2.55. The van der Waals surface area contributed by atoms with Crippen LogP contribution in [0.5, 0.6) is 0 Å². The number of ether oxygens (including phenoxy) is 1. The molecule has 0 aromatic heterocycles. The molecule has 0 aromatic carbocycles. The third-order valence-electron chi connectivity index (χ3n) is 1.77. The molecular weight excluding hydrogens is 158 g/mol. The largest absolute Gasteiger partial charge is 0.473 e. The number of fused-ring (bicyclic) bond motifs is 1. The van der Waals surface area contributed by atoms with Gasteiger partial charge in [0.1, 0.15) is 6.61 Å². The lowest BCUT2D eigenvalue weighted by atomic mass is 10.3. The molecule has 2 heterocycles. The highest BCUT2D eigenvalue weighted by Gasteiger charge is 2.27. The number of nitrogens with two attached hydrogens (primary N) is 1. The molecule has 2 rings (SSSR count). The molecule has 2 aliphatic heterocycles. The number of carbonyl (C=O) groups is 1. The molecule has 0 fully saturated rings. The van der Waals surface area contributed by atoms with Gasteiger partial charge in [0.15, 0.2) is 0 Å². The van der Waals surface area contributed by atoms with E-state index in [0.29, 0.717) is 24.6 Å². The number of hydrazine groups is 1. The van der Waals surface area contributed by atoms with Crippen LogP contribution >= 0.6 is 0 Å². The third-order valence-corrected chi connectivity index (χ3v) is 1.77. The summed E-state index contributed by atoms with van der Waals surface area (Å²) in [7, 11) is 0. The second kappa shape index (κ2) is 2.53. The topological polar surface area (TPSA) is 67.6 Å². The Bertz CT molecular complexity index is 282. The minimum atomic E-state index is -0.435. The average Bonchev–Trinajstić information content (AvgIpc) is 2.47.